The van der Waals surface area contributed by atoms with E-state index in [0.717, 1.165) is 29.5 Å². The summed E-state index contributed by atoms with van der Waals surface area (Å²) in [5, 5.41) is 4.37. The molecule has 0 spiro atoms. The average Bonchev–Trinajstić information content (AvgIpc) is 2.69. The average molecular weight is 215 g/mol. The van der Waals surface area contributed by atoms with Crippen LogP contribution in [-0.2, 0) is 13.0 Å². The molecule has 0 N–H and O–H groups in total. The summed E-state index contributed by atoms with van der Waals surface area (Å²) in [6.07, 6.45) is 1.01. The third-order valence-corrected chi connectivity index (χ3v) is 2.80. The van der Waals surface area contributed by atoms with Crippen LogP contribution in [0.1, 0.15) is 24.1 Å². The third-order valence-electron chi connectivity index (χ3n) is 2.80. The molecule has 0 fully saturated rings. The van der Waals surface area contributed by atoms with E-state index in [1.807, 2.05) is 17.7 Å². The molecule has 2 aromatic rings. The van der Waals surface area contributed by atoms with Crippen molar-refractivity contribution in [1.82, 2.24) is 14.8 Å². The van der Waals surface area contributed by atoms with Crippen LogP contribution in [0.4, 0.5) is 0 Å². The highest BCUT2D eigenvalue weighted by molar-refractivity contribution is 5.50. The molecule has 16 heavy (non-hydrogen) atoms. The summed E-state index contributed by atoms with van der Waals surface area (Å²) in [6, 6.07) is 6.23. The summed E-state index contributed by atoms with van der Waals surface area (Å²) in [6.45, 7) is 4.53. The zero-order valence-electron chi connectivity index (χ0n) is 9.40. The van der Waals surface area contributed by atoms with E-state index in [1.165, 1.54) is 5.56 Å². The second-order valence-electron chi connectivity index (χ2n) is 3.93. The first kappa shape index (κ1) is 9.39. The molecule has 0 radical (unpaired) electrons. The number of hydrogen-bond donors (Lipinski definition) is 0. The topological polar surface area (TPSA) is 39.9 Å². The molecule has 2 heterocycles. The first-order valence-corrected chi connectivity index (χ1v) is 5.46. The second kappa shape index (κ2) is 3.33. The van der Waals surface area contributed by atoms with Gasteiger partial charge in [-0.2, -0.15) is 5.10 Å². The summed E-state index contributed by atoms with van der Waals surface area (Å²) < 4.78 is 7.55. The number of aromatic nitrogens is 3. The lowest BCUT2D eigenvalue weighted by molar-refractivity contribution is 0.276. The van der Waals surface area contributed by atoms with Crippen molar-refractivity contribution in [3.05, 3.63) is 35.4 Å². The SMILES string of the molecule is CCc1ccc2c(c1)OCc1nc(C)nn1-2. The fourth-order valence-electron chi connectivity index (χ4n) is 1.96. The highest BCUT2D eigenvalue weighted by Crippen LogP contribution is 2.29. The normalized spacial score (nSPS) is 12.9. The van der Waals surface area contributed by atoms with Gasteiger partial charge in [-0.3, -0.25) is 0 Å². The van der Waals surface area contributed by atoms with Gasteiger partial charge in [0, 0.05) is 0 Å². The zero-order valence-corrected chi connectivity index (χ0v) is 9.40. The molecule has 1 aliphatic heterocycles. The van der Waals surface area contributed by atoms with Gasteiger partial charge in [0.05, 0.1) is 0 Å². The maximum Gasteiger partial charge on any atom is 0.170 e. The molecule has 1 aliphatic rings. The van der Waals surface area contributed by atoms with Crippen molar-refractivity contribution in [2.75, 3.05) is 0 Å². The zero-order chi connectivity index (χ0) is 11.1. The number of ether oxygens (including phenoxy) is 1. The Labute approximate surface area is 93.9 Å². The van der Waals surface area contributed by atoms with Crippen LogP contribution in [0, 0.1) is 6.92 Å². The minimum atomic E-state index is 0.501. The minimum Gasteiger partial charge on any atom is -0.483 e. The van der Waals surface area contributed by atoms with Crippen molar-refractivity contribution in [2.24, 2.45) is 0 Å². The lowest BCUT2D eigenvalue weighted by Crippen LogP contribution is -2.14. The van der Waals surface area contributed by atoms with Gasteiger partial charge >= 0.3 is 0 Å². The van der Waals surface area contributed by atoms with Crippen molar-refractivity contribution in [1.29, 1.82) is 0 Å². The van der Waals surface area contributed by atoms with Crippen molar-refractivity contribution in [2.45, 2.75) is 26.9 Å². The van der Waals surface area contributed by atoms with Gasteiger partial charge in [0.25, 0.3) is 0 Å². The van der Waals surface area contributed by atoms with Gasteiger partial charge in [0.15, 0.2) is 5.82 Å². The summed E-state index contributed by atoms with van der Waals surface area (Å²) in [7, 11) is 0. The number of benzene rings is 1. The maximum absolute atomic E-state index is 5.68. The van der Waals surface area contributed by atoms with Crippen LogP contribution < -0.4 is 4.74 Å². The Morgan fingerprint density at radius 3 is 3.12 bits per heavy atom. The molecule has 0 bridgehead atoms. The largest absolute Gasteiger partial charge is 0.483 e. The molecule has 82 valence electrons. The monoisotopic (exact) mass is 215 g/mol. The Balaban J connectivity index is 2.17. The minimum absolute atomic E-state index is 0.501. The molecule has 0 atom stereocenters. The van der Waals surface area contributed by atoms with Crippen LogP contribution in [0.3, 0.4) is 0 Å². The highest BCUT2D eigenvalue weighted by atomic mass is 16.5. The van der Waals surface area contributed by atoms with E-state index in [1.54, 1.807) is 0 Å². The van der Waals surface area contributed by atoms with Crippen LogP contribution in [-0.4, -0.2) is 14.8 Å². The molecule has 0 saturated heterocycles. The molecule has 1 aromatic carbocycles. The molecule has 1 aromatic heterocycles. The van der Waals surface area contributed by atoms with E-state index in [4.69, 9.17) is 4.74 Å². The third kappa shape index (κ3) is 1.30. The quantitative estimate of drug-likeness (QED) is 0.730. The Hall–Kier alpha value is -1.84. The van der Waals surface area contributed by atoms with Crippen LogP contribution in [0.5, 0.6) is 5.75 Å². The standard InChI is InChI=1S/C12H13N3O/c1-3-9-4-5-10-11(6-9)16-7-12-13-8(2)14-15(10)12/h4-6H,3,7H2,1-2H3. The van der Waals surface area contributed by atoms with E-state index in [0.29, 0.717) is 6.61 Å². The number of fused-ring (bicyclic) bond motifs is 3. The van der Waals surface area contributed by atoms with Crippen LogP contribution in [0.15, 0.2) is 18.2 Å². The predicted octanol–water partition coefficient (Wildman–Crippen LogP) is 2.03. The molecule has 0 saturated carbocycles. The molecule has 0 aliphatic carbocycles. The fraction of sp³-hybridized carbons (Fsp3) is 0.333. The highest BCUT2D eigenvalue weighted by Gasteiger charge is 2.19. The Morgan fingerprint density at radius 2 is 2.31 bits per heavy atom. The predicted molar refractivity (Wildman–Crippen MR) is 59.8 cm³/mol. The molecular weight excluding hydrogens is 202 g/mol. The van der Waals surface area contributed by atoms with E-state index in [-0.39, 0.29) is 0 Å². The molecule has 0 unspecified atom stereocenters. The van der Waals surface area contributed by atoms with Gasteiger partial charge in [-0.05, 0) is 31.0 Å². The Morgan fingerprint density at radius 1 is 1.44 bits per heavy atom. The van der Waals surface area contributed by atoms with Crippen molar-refractivity contribution >= 4 is 0 Å². The summed E-state index contributed by atoms with van der Waals surface area (Å²) >= 11 is 0. The van der Waals surface area contributed by atoms with E-state index < -0.39 is 0 Å². The number of nitrogens with zero attached hydrogens (tertiary/aromatic N) is 3. The van der Waals surface area contributed by atoms with Gasteiger partial charge in [0.1, 0.15) is 23.9 Å². The van der Waals surface area contributed by atoms with E-state index in [9.17, 15) is 0 Å². The van der Waals surface area contributed by atoms with Gasteiger partial charge in [-0.1, -0.05) is 13.0 Å². The van der Waals surface area contributed by atoms with E-state index >= 15 is 0 Å². The lowest BCUT2D eigenvalue weighted by atomic mass is 10.1. The van der Waals surface area contributed by atoms with Gasteiger partial charge in [0.2, 0.25) is 0 Å². The van der Waals surface area contributed by atoms with Crippen molar-refractivity contribution < 1.29 is 4.74 Å². The molecule has 0 amide bonds. The first-order chi connectivity index (χ1) is 7.78. The number of aryl methyl sites for hydroxylation is 2. The van der Waals surface area contributed by atoms with E-state index in [2.05, 4.69) is 29.1 Å². The van der Waals surface area contributed by atoms with Crippen molar-refractivity contribution in [3.8, 4) is 11.4 Å². The molecule has 4 heteroatoms. The summed E-state index contributed by atoms with van der Waals surface area (Å²) in [5.41, 5.74) is 2.26. The maximum atomic E-state index is 5.68. The molecular formula is C12H13N3O. The first-order valence-electron chi connectivity index (χ1n) is 5.46. The van der Waals surface area contributed by atoms with Gasteiger partial charge < -0.3 is 4.74 Å². The summed E-state index contributed by atoms with van der Waals surface area (Å²) in [4.78, 5) is 4.32. The number of hydrogen-bond acceptors (Lipinski definition) is 3. The van der Waals surface area contributed by atoms with Crippen LogP contribution in [0.2, 0.25) is 0 Å². The lowest BCUT2D eigenvalue weighted by Gasteiger charge is -2.18. The fourth-order valence-corrected chi connectivity index (χ4v) is 1.96. The summed E-state index contributed by atoms with van der Waals surface area (Å²) in [5.74, 6) is 2.55. The van der Waals surface area contributed by atoms with Crippen LogP contribution in [0.25, 0.3) is 5.69 Å². The Kier molecular flexibility index (Phi) is 1.96. The van der Waals surface area contributed by atoms with Crippen molar-refractivity contribution in [3.63, 3.8) is 0 Å². The Bertz CT molecular complexity index is 545. The molecule has 4 nitrogen and oxygen atoms in total. The van der Waals surface area contributed by atoms with Crippen LogP contribution >= 0.6 is 0 Å². The smallest absolute Gasteiger partial charge is 0.170 e. The number of rotatable bonds is 1. The second-order valence-corrected chi connectivity index (χ2v) is 3.93. The van der Waals surface area contributed by atoms with Gasteiger partial charge in [-0.25, -0.2) is 9.67 Å². The molecule has 3 rings (SSSR count). The van der Waals surface area contributed by atoms with Gasteiger partial charge in [-0.15, -0.1) is 0 Å².